The molecule has 2 radical (unpaired) electrons. The summed E-state index contributed by atoms with van der Waals surface area (Å²) in [7, 11) is 6.07. The molecule has 0 saturated heterocycles. The summed E-state index contributed by atoms with van der Waals surface area (Å²) in [5.74, 6) is -0.188. The van der Waals surface area contributed by atoms with E-state index in [1.54, 1.807) is 6.07 Å². The average molecular weight is 255 g/mol. The van der Waals surface area contributed by atoms with Gasteiger partial charge in [-0.25, -0.2) is 0 Å². The Morgan fingerprint density at radius 2 is 2.32 bits per heavy atom. The molecule has 96 valence electrons. The Morgan fingerprint density at radius 3 is 3.00 bits per heavy atom. The summed E-state index contributed by atoms with van der Waals surface area (Å²) in [5.41, 5.74) is 3.65. The minimum atomic E-state index is -0.188. The van der Waals surface area contributed by atoms with Gasteiger partial charge >= 0.3 is 0 Å². The number of aromatic amines is 1. The van der Waals surface area contributed by atoms with Crippen LogP contribution in [0.5, 0.6) is 5.88 Å². The van der Waals surface area contributed by atoms with E-state index < -0.39 is 0 Å². The molecule has 0 saturated carbocycles. The number of fused-ring (bicyclic) bond motifs is 3. The number of benzene rings is 1. The Morgan fingerprint density at radius 1 is 1.53 bits per heavy atom. The molecule has 1 aliphatic heterocycles. The first-order chi connectivity index (χ1) is 9.15. The number of nitrogens with one attached hydrogen (secondary N) is 1. The molecule has 1 aliphatic rings. The molecule has 3 rings (SSSR count). The second-order valence-corrected chi connectivity index (χ2v) is 4.88. The Balaban J connectivity index is 2.29. The highest BCUT2D eigenvalue weighted by Crippen LogP contribution is 2.38. The molecule has 0 amide bonds. The first kappa shape index (κ1) is 12.2. The fraction of sp³-hybridized carbons (Fsp3) is 0.385. The minimum absolute atomic E-state index is 0.0399. The van der Waals surface area contributed by atoms with Gasteiger partial charge in [-0.1, -0.05) is 18.5 Å². The van der Waals surface area contributed by atoms with Gasteiger partial charge in [0.15, 0.2) is 5.69 Å². The van der Waals surface area contributed by atoms with Crippen molar-refractivity contribution in [1.82, 2.24) is 9.88 Å². The summed E-state index contributed by atoms with van der Waals surface area (Å²) >= 11 is 0. The normalized spacial score (nSPS) is 15.6. The number of aromatic hydroxyl groups is 1. The zero-order chi connectivity index (χ0) is 13.6. The van der Waals surface area contributed by atoms with E-state index in [-0.39, 0.29) is 11.6 Å². The zero-order valence-electron chi connectivity index (χ0n) is 10.7. The van der Waals surface area contributed by atoms with Crippen molar-refractivity contribution >= 4 is 29.9 Å². The maximum absolute atomic E-state index is 10.8. The van der Waals surface area contributed by atoms with E-state index in [0.717, 1.165) is 42.7 Å². The fourth-order valence-corrected chi connectivity index (χ4v) is 2.84. The van der Waals surface area contributed by atoms with E-state index in [4.69, 9.17) is 7.85 Å². The second-order valence-electron chi connectivity index (χ2n) is 4.88. The molecule has 0 fully saturated rings. The van der Waals surface area contributed by atoms with Gasteiger partial charge in [0.05, 0.1) is 5.52 Å². The van der Waals surface area contributed by atoms with Gasteiger partial charge in [-0.3, -0.25) is 4.90 Å². The molecule has 1 aromatic heterocycles. The van der Waals surface area contributed by atoms with Crippen LogP contribution in [0.4, 0.5) is 5.69 Å². The van der Waals surface area contributed by atoms with Crippen molar-refractivity contribution in [1.29, 1.82) is 0 Å². The molecule has 5 nitrogen and oxygen atoms in total. The molecule has 2 aromatic rings. The topological polar surface area (TPSA) is 68.7 Å². The summed E-state index contributed by atoms with van der Waals surface area (Å²) in [6, 6.07) is 1.72. The van der Waals surface area contributed by atoms with Gasteiger partial charge in [-0.2, -0.15) is 0 Å². The molecule has 0 aliphatic carbocycles. The van der Waals surface area contributed by atoms with Crippen LogP contribution in [0.25, 0.3) is 10.9 Å². The van der Waals surface area contributed by atoms with Crippen LogP contribution in [0.3, 0.4) is 0 Å². The SMILES string of the molecule is [B]c1cc2c(N=O)c(O)[nH]c2c2c1CCN(CC)C2. The Bertz CT molecular complexity index is 666. The van der Waals surface area contributed by atoms with Gasteiger partial charge in [-0.05, 0) is 29.3 Å². The minimum Gasteiger partial charge on any atom is -0.493 e. The molecule has 0 spiro atoms. The molecule has 0 bridgehead atoms. The molecular weight excluding hydrogens is 241 g/mol. The Kier molecular flexibility index (Phi) is 2.82. The lowest BCUT2D eigenvalue weighted by molar-refractivity contribution is 0.270. The predicted molar refractivity (Wildman–Crippen MR) is 75.5 cm³/mol. The lowest BCUT2D eigenvalue weighted by Gasteiger charge is -2.29. The van der Waals surface area contributed by atoms with Crippen LogP contribution in [-0.4, -0.2) is 35.9 Å². The third-order valence-electron chi connectivity index (χ3n) is 3.90. The highest BCUT2D eigenvalue weighted by Gasteiger charge is 2.23. The lowest BCUT2D eigenvalue weighted by atomic mass is 9.83. The van der Waals surface area contributed by atoms with E-state index in [9.17, 15) is 10.0 Å². The first-order valence-electron chi connectivity index (χ1n) is 6.36. The van der Waals surface area contributed by atoms with Gasteiger partial charge in [0.25, 0.3) is 0 Å². The van der Waals surface area contributed by atoms with Crippen LogP contribution in [0.15, 0.2) is 11.2 Å². The molecule has 0 atom stereocenters. The largest absolute Gasteiger partial charge is 0.493 e. The standard InChI is InChI=1S/C13H14BN3O2/c1-2-17-4-3-7-9(6-17)11-8(5-10(7)14)12(16-19)13(18)15-11/h5,15,18H,2-4,6H2,1H3. The zero-order valence-corrected chi connectivity index (χ0v) is 10.7. The smallest absolute Gasteiger partial charge is 0.219 e. The van der Waals surface area contributed by atoms with Crippen molar-refractivity contribution in [3.8, 4) is 5.88 Å². The summed E-state index contributed by atoms with van der Waals surface area (Å²) in [6.45, 7) is 4.82. The van der Waals surface area contributed by atoms with E-state index >= 15 is 0 Å². The van der Waals surface area contributed by atoms with Crippen LogP contribution in [0.2, 0.25) is 0 Å². The highest BCUT2D eigenvalue weighted by atomic mass is 16.3. The number of nitrogens with zero attached hydrogens (tertiary/aromatic N) is 2. The molecule has 1 aromatic carbocycles. The number of rotatable bonds is 2. The number of aromatic nitrogens is 1. The first-order valence-corrected chi connectivity index (χ1v) is 6.36. The van der Waals surface area contributed by atoms with Gasteiger partial charge in [0.2, 0.25) is 5.88 Å². The number of likely N-dealkylation sites (N-methyl/N-ethyl adjacent to an activating group) is 1. The van der Waals surface area contributed by atoms with Crippen molar-refractivity contribution in [2.45, 2.75) is 19.9 Å². The molecular formula is C13H14BN3O2. The number of hydrogen-bond donors (Lipinski definition) is 2. The van der Waals surface area contributed by atoms with Crippen molar-refractivity contribution < 1.29 is 5.11 Å². The van der Waals surface area contributed by atoms with E-state index in [0.29, 0.717) is 10.8 Å². The fourth-order valence-electron chi connectivity index (χ4n) is 2.84. The van der Waals surface area contributed by atoms with Gasteiger partial charge < -0.3 is 10.1 Å². The number of nitroso groups, excluding NO2 is 1. The maximum atomic E-state index is 10.8. The third-order valence-corrected chi connectivity index (χ3v) is 3.90. The number of hydrogen-bond acceptors (Lipinski definition) is 4. The maximum Gasteiger partial charge on any atom is 0.219 e. The molecule has 6 heteroatoms. The quantitative estimate of drug-likeness (QED) is 0.630. The highest BCUT2D eigenvalue weighted by molar-refractivity contribution is 6.35. The summed E-state index contributed by atoms with van der Waals surface area (Å²) in [6.07, 6.45) is 0.884. The summed E-state index contributed by atoms with van der Waals surface area (Å²) < 4.78 is 0. The molecule has 19 heavy (non-hydrogen) atoms. The van der Waals surface area contributed by atoms with Gasteiger partial charge in [0, 0.05) is 18.5 Å². The van der Waals surface area contributed by atoms with Crippen molar-refractivity contribution in [2.24, 2.45) is 5.18 Å². The molecule has 2 N–H and O–H groups in total. The number of H-pyrrole nitrogens is 1. The lowest BCUT2D eigenvalue weighted by Crippen LogP contribution is -2.33. The van der Waals surface area contributed by atoms with Crippen LogP contribution >= 0.6 is 0 Å². The Labute approximate surface area is 112 Å². The van der Waals surface area contributed by atoms with Crippen molar-refractivity contribution in [3.63, 3.8) is 0 Å². The van der Waals surface area contributed by atoms with Crippen LogP contribution in [0.1, 0.15) is 18.1 Å². The average Bonchev–Trinajstić information content (AvgIpc) is 2.74. The van der Waals surface area contributed by atoms with E-state index in [1.165, 1.54) is 0 Å². The second kappa shape index (κ2) is 4.38. The predicted octanol–water partition coefficient (Wildman–Crippen LogP) is 1.44. The van der Waals surface area contributed by atoms with Crippen molar-refractivity contribution in [3.05, 3.63) is 22.1 Å². The van der Waals surface area contributed by atoms with Crippen LogP contribution in [-0.2, 0) is 13.0 Å². The third kappa shape index (κ3) is 1.75. The molecule has 2 heterocycles. The Hall–Kier alpha value is -1.82. The van der Waals surface area contributed by atoms with Gasteiger partial charge in [-0.15, -0.1) is 4.91 Å². The van der Waals surface area contributed by atoms with Crippen LogP contribution < -0.4 is 5.46 Å². The van der Waals surface area contributed by atoms with Crippen LogP contribution in [0, 0.1) is 4.91 Å². The summed E-state index contributed by atoms with van der Waals surface area (Å²) in [5, 5.41) is 13.2. The van der Waals surface area contributed by atoms with Gasteiger partial charge in [0.1, 0.15) is 7.85 Å². The van der Waals surface area contributed by atoms with Crippen molar-refractivity contribution in [2.75, 3.05) is 13.1 Å². The van der Waals surface area contributed by atoms with E-state index in [1.807, 2.05) is 0 Å². The van der Waals surface area contributed by atoms with E-state index in [2.05, 4.69) is 22.0 Å². The monoisotopic (exact) mass is 255 g/mol. The summed E-state index contributed by atoms with van der Waals surface area (Å²) in [4.78, 5) is 16.0. The molecule has 0 unspecified atom stereocenters.